The number of benzene rings is 1. The van der Waals surface area contributed by atoms with Crippen molar-refractivity contribution in [3.05, 3.63) is 23.8 Å². The molecule has 80 valence electrons. The maximum atomic E-state index is 8.91. The number of nitrogens with zero attached hydrogens (tertiary/aromatic N) is 1. The van der Waals surface area contributed by atoms with Gasteiger partial charge in [0.2, 0.25) is 0 Å². The highest BCUT2D eigenvalue weighted by Gasteiger charge is 2.03. The van der Waals surface area contributed by atoms with Crippen LogP contribution in [0.3, 0.4) is 0 Å². The van der Waals surface area contributed by atoms with Gasteiger partial charge in [0.1, 0.15) is 6.07 Å². The SMILES string of the molecule is COCCCNc1cccc(N)c1C#N. The van der Waals surface area contributed by atoms with Gasteiger partial charge in [-0.05, 0) is 18.6 Å². The zero-order chi connectivity index (χ0) is 11.1. The second kappa shape index (κ2) is 5.89. The first-order valence-corrected chi connectivity index (χ1v) is 4.81. The quantitative estimate of drug-likeness (QED) is 0.565. The van der Waals surface area contributed by atoms with Crippen LogP contribution >= 0.6 is 0 Å². The molecule has 0 amide bonds. The number of hydrogen-bond acceptors (Lipinski definition) is 4. The van der Waals surface area contributed by atoms with Gasteiger partial charge in [0.15, 0.2) is 0 Å². The Balaban J connectivity index is 2.61. The van der Waals surface area contributed by atoms with Gasteiger partial charge >= 0.3 is 0 Å². The summed E-state index contributed by atoms with van der Waals surface area (Å²) >= 11 is 0. The van der Waals surface area contributed by atoms with E-state index in [-0.39, 0.29) is 0 Å². The fourth-order valence-electron chi connectivity index (χ4n) is 1.28. The van der Waals surface area contributed by atoms with Gasteiger partial charge in [0.05, 0.1) is 16.9 Å². The van der Waals surface area contributed by atoms with E-state index in [0.29, 0.717) is 17.9 Å². The molecule has 0 spiro atoms. The van der Waals surface area contributed by atoms with Crippen molar-refractivity contribution in [3.8, 4) is 6.07 Å². The molecule has 0 atom stereocenters. The van der Waals surface area contributed by atoms with Gasteiger partial charge in [-0.25, -0.2) is 0 Å². The lowest BCUT2D eigenvalue weighted by molar-refractivity contribution is 0.198. The zero-order valence-corrected chi connectivity index (χ0v) is 8.79. The molecule has 1 rings (SSSR count). The fraction of sp³-hybridized carbons (Fsp3) is 0.364. The van der Waals surface area contributed by atoms with Crippen molar-refractivity contribution in [3.63, 3.8) is 0 Å². The summed E-state index contributed by atoms with van der Waals surface area (Å²) in [6.45, 7) is 1.48. The van der Waals surface area contributed by atoms with Gasteiger partial charge in [0.25, 0.3) is 0 Å². The number of hydrogen-bond donors (Lipinski definition) is 2. The molecule has 0 bridgehead atoms. The molecule has 0 saturated carbocycles. The molecule has 0 aliphatic heterocycles. The Kier molecular flexibility index (Phi) is 4.45. The van der Waals surface area contributed by atoms with Crippen LogP contribution in [-0.4, -0.2) is 20.3 Å². The second-order valence-corrected chi connectivity index (χ2v) is 3.15. The van der Waals surface area contributed by atoms with Crippen LogP contribution < -0.4 is 11.1 Å². The van der Waals surface area contributed by atoms with E-state index in [2.05, 4.69) is 11.4 Å². The van der Waals surface area contributed by atoms with Gasteiger partial charge in [-0.2, -0.15) is 5.26 Å². The lowest BCUT2D eigenvalue weighted by atomic mass is 10.1. The van der Waals surface area contributed by atoms with Crippen molar-refractivity contribution in [1.82, 2.24) is 0 Å². The van der Waals surface area contributed by atoms with Gasteiger partial charge < -0.3 is 15.8 Å². The molecule has 0 aliphatic rings. The molecule has 0 fully saturated rings. The monoisotopic (exact) mass is 205 g/mol. The molecule has 3 N–H and O–H groups in total. The highest BCUT2D eigenvalue weighted by Crippen LogP contribution is 2.20. The molecule has 4 heteroatoms. The van der Waals surface area contributed by atoms with Crippen molar-refractivity contribution < 1.29 is 4.74 Å². The second-order valence-electron chi connectivity index (χ2n) is 3.15. The van der Waals surface area contributed by atoms with Crippen LogP contribution in [0.2, 0.25) is 0 Å². The minimum atomic E-state index is 0.509. The van der Waals surface area contributed by atoms with E-state index in [9.17, 15) is 0 Å². The van der Waals surface area contributed by atoms with Crippen molar-refractivity contribution in [1.29, 1.82) is 5.26 Å². The number of methoxy groups -OCH3 is 1. The Bertz CT molecular complexity index is 357. The number of nitriles is 1. The van der Waals surface area contributed by atoms with Gasteiger partial charge in [-0.3, -0.25) is 0 Å². The first-order chi connectivity index (χ1) is 7.29. The third-order valence-electron chi connectivity index (χ3n) is 2.05. The van der Waals surface area contributed by atoms with E-state index >= 15 is 0 Å². The number of nitrogen functional groups attached to an aromatic ring is 1. The summed E-state index contributed by atoms with van der Waals surface area (Å²) in [5, 5.41) is 12.1. The summed E-state index contributed by atoms with van der Waals surface area (Å²) in [6, 6.07) is 7.48. The number of anilines is 2. The summed E-state index contributed by atoms with van der Waals surface area (Å²) < 4.78 is 4.93. The maximum Gasteiger partial charge on any atom is 0.103 e. The Morgan fingerprint density at radius 2 is 2.33 bits per heavy atom. The lowest BCUT2D eigenvalue weighted by Gasteiger charge is -2.08. The summed E-state index contributed by atoms with van der Waals surface area (Å²) in [5.74, 6) is 0. The van der Waals surface area contributed by atoms with Crippen LogP contribution in [0.1, 0.15) is 12.0 Å². The molecule has 0 saturated heterocycles. The zero-order valence-electron chi connectivity index (χ0n) is 8.79. The van der Waals surface area contributed by atoms with Crippen LogP contribution in [0.15, 0.2) is 18.2 Å². The van der Waals surface area contributed by atoms with E-state index in [1.165, 1.54) is 0 Å². The normalized spacial score (nSPS) is 9.60. The lowest BCUT2D eigenvalue weighted by Crippen LogP contribution is -2.06. The first-order valence-electron chi connectivity index (χ1n) is 4.81. The molecule has 1 aromatic carbocycles. The third kappa shape index (κ3) is 3.15. The van der Waals surface area contributed by atoms with Gasteiger partial charge in [-0.15, -0.1) is 0 Å². The Hall–Kier alpha value is -1.73. The fourth-order valence-corrected chi connectivity index (χ4v) is 1.28. The number of nitrogens with one attached hydrogen (secondary N) is 1. The first kappa shape index (κ1) is 11.3. The highest BCUT2D eigenvalue weighted by molar-refractivity contribution is 5.69. The largest absolute Gasteiger partial charge is 0.398 e. The van der Waals surface area contributed by atoms with E-state index in [4.69, 9.17) is 15.7 Å². The maximum absolute atomic E-state index is 8.91. The Morgan fingerprint density at radius 1 is 1.53 bits per heavy atom. The van der Waals surface area contributed by atoms with Crippen molar-refractivity contribution in [2.75, 3.05) is 31.3 Å². The highest BCUT2D eigenvalue weighted by atomic mass is 16.5. The van der Waals surface area contributed by atoms with Crippen LogP contribution in [0.5, 0.6) is 0 Å². The minimum absolute atomic E-state index is 0.509. The topological polar surface area (TPSA) is 71.1 Å². The molecule has 1 aromatic rings. The van der Waals surface area contributed by atoms with Gasteiger partial charge in [-0.1, -0.05) is 6.07 Å². The molecule has 15 heavy (non-hydrogen) atoms. The molecule has 0 heterocycles. The number of rotatable bonds is 5. The third-order valence-corrected chi connectivity index (χ3v) is 2.05. The number of nitrogens with two attached hydrogens (primary N) is 1. The van der Waals surface area contributed by atoms with Crippen LogP contribution in [0.25, 0.3) is 0 Å². The molecule has 0 unspecified atom stereocenters. The van der Waals surface area contributed by atoms with Crippen molar-refractivity contribution in [2.24, 2.45) is 0 Å². The molecular weight excluding hydrogens is 190 g/mol. The predicted molar refractivity (Wildman–Crippen MR) is 60.6 cm³/mol. The van der Waals surface area contributed by atoms with Crippen molar-refractivity contribution >= 4 is 11.4 Å². The van der Waals surface area contributed by atoms with E-state index in [1.807, 2.05) is 12.1 Å². The van der Waals surface area contributed by atoms with Crippen molar-refractivity contribution in [2.45, 2.75) is 6.42 Å². The molecule has 0 aliphatic carbocycles. The van der Waals surface area contributed by atoms with E-state index in [1.54, 1.807) is 13.2 Å². The molecule has 0 aromatic heterocycles. The summed E-state index contributed by atoms with van der Waals surface area (Å²) in [5.41, 5.74) is 7.48. The molecular formula is C11H15N3O. The molecule has 0 radical (unpaired) electrons. The summed E-state index contributed by atoms with van der Waals surface area (Å²) in [6.07, 6.45) is 0.899. The van der Waals surface area contributed by atoms with Crippen LogP contribution in [0, 0.1) is 11.3 Å². The standard InChI is InChI=1S/C11H15N3O/c1-15-7-3-6-14-11-5-2-4-10(13)9(11)8-12/h2,4-5,14H,3,6-7,13H2,1H3. The van der Waals surface area contributed by atoms with E-state index < -0.39 is 0 Å². The van der Waals surface area contributed by atoms with Gasteiger partial charge in [0, 0.05) is 20.3 Å². The summed E-state index contributed by atoms with van der Waals surface area (Å²) in [7, 11) is 1.67. The Labute approximate surface area is 89.7 Å². The minimum Gasteiger partial charge on any atom is -0.398 e. The average molecular weight is 205 g/mol. The van der Waals surface area contributed by atoms with E-state index in [0.717, 1.165) is 18.7 Å². The smallest absolute Gasteiger partial charge is 0.103 e. The number of ether oxygens (including phenoxy) is 1. The van der Waals surface area contributed by atoms with Crippen LogP contribution in [0.4, 0.5) is 11.4 Å². The van der Waals surface area contributed by atoms with Crippen LogP contribution in [-0.2, 0) is 4.74 Å². The predicted octanol–water partition coefficient (Wildman–Crippen LogP) is 1.59. The average Bonchev–Trinajstić information content (AvgIpc) is 2.24. The Morgan fingerprint density at radius 3 is 3.00 bits per heavy atom. The molecule has 4 nitrogen and oxygen atoms in total. The summed E-state index contributed by atoms with van der Waals surface area (Å²) in [4.78, 5) is 0.